The Kier molecular flexibility index (Phi) is 8.77. The summed E-state index contributed by atoms with van der Waals surface area (Å²) >= 11 is 5.82. The smallest absolute Gasteiger partial charge is 0.416 e. The number of carbonyl (C=O) groups excluding carboxylic acids is 2. The summed E-state index contributed by atoms with van der Waals surface area (Å²) in [7, 11) is 1.37. The second-order valence-corrected chi connectivity index (χ2v) is 7.89. The third-order valence-corrected chi connectivity index (χ3v) is 5.05. The van der Waals surface area contributed by atoms with Gasteiger partial charge in [-0.3, -0.25) is 9.59 Å². The summed E-state index contributed by atoms with van der Waals surface area (Å²) in [5.74, 6) is -0.854. The summed E-state index contributed by atoms with van der Waals surface area (Å²) < 4.78 is 49.5. The minimum atomic E-state index is -4.58. The van der Waals surface area contributed by atoms with E-state index in [2.05, 4.69) is 10.6 Å². The molecule has 0 radical (unpaired) electrons. The van der Waals surface area contributed by atoms with E-state index >= 15 is 0 Å². The van der Waals surface area contributed by atoms with E-state index in [1.807, 2.05) is 0 Å². The average molecular weight is 530 g/mol. The van der Waals surface area contributed by atoms with Crippen LogP contribution in [0.5, 0.6) is 11.5 Å². The lowest BCUT2D eigenvalue weighted by Gasteiger charge is -2.12. The zero-order valence-corrected chi connectivity index (χ0v) is 20.0. The summed E-state index contributed by atoms with van der Waals surface area (Å²) in [6.07, 6.45) is -3.34. The van der Waals surface area contributed by atoms with E-state index in [-0.39, 0.29) is 29.4 Å². The number of hydrogen-bond donors (Lipinski definition) is 2. The van der Waals surface area contributed by atoms with Crippen molar-refractivity contribution in [3.05, 3.63) is 88.5 Å². The van der Waals surface area contributed by atoms with Crippen LogP contribution in [0.2, 0.25) is 5.02 Å². The van der Waals surface area contributed by atoms with Gasteiger partial charge in [-0.1, -0.05) is 23.7 Å². The highest BCUT2D eigenvalue weighted by atomic mass is 35.5. The fraction of sp³-hybridized carbons (Fsp3) is 0.115. The summed E-state index contributed by atoms with van der Waals surface area (Å²) in [5, 5.41) is 14.9. The first kappa shape index (κ1) is 27.1. The van der Waals surface area contributed by atoms with Crippen LogP contribution in [0.25, 0.3) is 6.08 Å². The number of methoxy groups -OCH3 is 1. The van der Waals surface area contributed by atoms with Gasteiger partial charge < -0.3 is 20.1 Å². The number of nitriles is 1. The normalized spacial score (nSPS) is 11.3. The van der Waals surface area contributed by atoms with E-state index in [1.165, 1.54) is 37.5 Å². The molecule has 3 rings (SSSR count). The van der Waals surface area contributed by atoms with Gasteiger partial charge in [-0.05, 0) is 66.2 Å². The number of alkyl halides is 3. The Morgan fingerprint density at radius 1 is 1.00 bits per heavy atom. The molecule has 0 saturated carbocycles. The molecule has 37 heavy (non-hydrogen) atoms. The van der Waals surface area contributed by atoms with Gasteiger partial charge >= 0.3 is 6.18 Å². The topological polar surface area (TPSA) is 100 Å². The van der Waals surface area contributed by atoms with Crippen LogP contribution in [0.1, 0.15) is 11.1 Å². The predicted octanol–water partition coefficient (Wildman–Crippen LogP) is 5.93. The zero-order chi connectivity index (χ0) is 27.0. The van der Waals surface area contributed by atoms with Crippen LogP contribution in [-0.2, 0) is 15.8 Å². The Hall–Kier alpha value is -4.49. The van der Waals surface area contributed by atoms with E-state index in [4.69, 9.17) is 21.1 Å². The van der Waals surface area contributed by atoms with Crippen molar-refractivity contribution in [2.75, 3.05) is 24.4 Å². The molecule has 7 nitrogen and oxygen atoms in total. The quantitative estimate of drug-likeness (QED) is 0.278. The summed E-state index contributed by atoms with van der Waals surface area (Å²) in [6, 6.07) is 16.8. The molecule has 0 aliphatic carbocycles. The summed E-state index contributed by atoms with van der Waals surface area (Å²) in [6.45, 7) is -0.322. The van der Waals surface area contributed by atoms with Crippen LogP contribution in [0.3, 0.4) is 0 Å². The number of nitrogens with one attached hydrogen (secondary N) is 2. The lowest BCUT2D eigenvalue weighted by Crippen LogP contribution is -2.20. The van der Waals surface area contributed by atoms with Crippen LogP contribution in [0.15, 0.2) is 72.3 Å². The molecule has 0 bridgehead atoms. The van der Waals surface area contributed by atoms with E-state index in [9.17, 15) is 28.0 Å². The largest absolute Gasteiger partial charge is 0.493 e. The molecule has 3 aromatic carbocycles. The molecule has 0 spiro atoms. The summed E-state index contributed by atoms with van der Waals surface area (Å²) in [5.41, 5.74) is -0.479. The molecule has 3 aromatic rings. The van der Waals surface area contributed by atoms with Gasteiger partial charge in [0.05, 0.1) is 12.7 Å². The van der Waals surface area contributed by atoms with Crippen molar-refractivity contribution < 1.29 is 32.2 Å². The monoisotopic (exact) mass is 529 g/mol. The van der Waals surface area contributed by atoms with Gasteiger partial charge in [-0.15, -0.1) is 0 Å². The second kappa shape index (κ2) is 12.0. The minimum absolute atomic E-state index is 0.112. The second-order valence-electron chi connectivity index (χ2n) is 7.46. The molecule has 0 saturated heterocycles. The number of rotatable bonds is 8. The molecule has 0 atom stereocenters. The van der Waals surface area contributed by atoms with Crippen molar-refractivity contribution in [2.24, 2.45) is 0 Å². The van der Waals surface area contributed by atoms with Crippen molar-refractivity contribution >= 4 is 40.9 Å². The first-order valence-electron chi connectivity index (χ1n) is 10.6. The Morgan fingerprint density at radius 3 is 2.38 bits per heavy atom. The molecule has 0 aliphatic rings. The molecular formula is C26H19ClF3N3O4. The first-order valence-corrected chi connectivity index (χ1v) is 10.9. The molecule has 0 aromatic heterocycles. The van der Waals surface area contributed by atoms with E-state index in [0.29, 0.717) is 16.3 Å². The molecule has 11 heteroatoms. The van der Waals surface area contributed by atoms with Crippen molar-refractivity contribution in [2.45, 2.75) is 6.18 Å². The average Bonchev–Trinajstić information content (AvgIpc) is 2.87. The Bertz CT molecular complexity index is 1370. The highest BCUT2D eigenvalue weighted by Crippen LogP contribution is 2.31. The maximum Gasteiger partial charge on any atom is 0.416 e. The lowest BCUT2D eigenvalue weighted by molar-refractivity contribution is -0.137. The molecule has 0 fully saturated rings. The van der Waals surface area contributed by atoms with Gasteiger partial charge in [-0.2, -0.15) is 18.4 Å². The fourth-order valence-electron chi connectivity index (χ4n) is 3.05. The highest BCUT2D eigenvalue weighted by molar-refractivity contribution is 6.30. The number of ether oxygens (including phenoxy) is 2. The van der Waals surface area contributed by atoms with Crippen LogP contribution >= 0.6 is 11.6 Å². The standard InChI is InChI=1S/C26H19ClF3N3O4/c1-36-23-12-16(5-10-22(23)37-15-24(34)32-20-8-6-19(27)7-9-20)11-17(14-31)25(35)33-21-4-2-3-18(13-21)26(28,29)30/h2-13H,15H2,1H3,(H,32,34)(H,33,35)/b17-11+. The fourth-order valence-corrected chi connectivity index (χ4v) is 3.18. The van der Waals surface area contributed by atoms with Crippen LogP contribution in [0, 0.1) is 11.3 Å². The third-order valence-electron chi connectivity index (χ3n) is 4.80. The zero-order valence-electron chi connectivity index (χ0n) is 19.2. The van der Waals surface area contributed by atoms with Crippen molar-refractivity contribution in [1.82, 2.24) is 0 Å². The Balaban J connectivity index is 1.69. The predicted molar refractivity (Wildman–Crippen MR) is 132 cm³/mol. The Labute approximate surface area is 215 Å². The van der Waals surface area contributed by atoms with Crippen LogP contribution < -0.4 is 20.1 Å². The summed E-state index contributed by atoms with van der Waals surface area (Å²) in [4.78, 5) is 24.6. The number of carbonyl (C=O) groups is 2. The number of hydrogen-bond acceptors (Lipinski definition) is 5. The van der Waals surface area contributed by atoms with E-state index in [0.717, 1.165) is 18.2 Å². The van der Waals surface area contributed by atoms with Crippen molar-refractivity contribution in [3.63, 3.8) is 0 Å². The van der Waals surface area contributed by atoms with Crippen LogP contribution in [0.4, 0.5) is 24.5 Å². The minimum Gasteiger partial charge on any atom is -0.493 e. The molecule has 190 valence electrons. The van der Waals surface area contributed by atoms with Gasteiger partial charge in [0.15, 0.2) is 18.1 Å². The molecular weight excluding hydrogens is 511 g/mol. The van der Waals surface area contributed by atoms with Gasteiger partial charge in [0, 0.05) is 16.4 Å². The number of benzene rings is 3. The number of anilines is 2. The molecule has 0 heterocycles. The maximum atomic E-state index is 12.9. The van der Waals surface area contributed by atoms with Gasteiger partial charge in [0.25, 0.3) is 11.8 Å². The molecule has 2 N–H and O–H groups in total. The van der Waals surface area contributed by atoms with Crippen LogP contribution in [-0.4, -0.2) is 25.5 Å². The number of halogens is 4. The molecule has 2 amide bonds. The van der Waals surface area contributed by atoms with E-state index < -0.39 is 23.6 Å². The number of amides is 2. The Morgan fingerprint density at radius 2 is 1.73 bits per heavy atom. The van der Waals surface area contributed by atoms with Gasteiger partial charge in [0.1, 0.15) is 11.6 Å². The number of nitrogens with zero attached hydrogens (tertiary/aromatic N) is 1. The maximum absolute atomic E-state index is 12.9. The first-order chi connectivity index (χ1) is 17.6. The highest BCUT2D eigenvalue weighted by Gasteiger charge is 2.30. The lowest BCUT2D eigenvalue weighted by atomic mass is 10.1. The third kappa shape index (κ3) is 7.75. The van der Waals surface area contributed by atoms with E-state index in [1.54, 1.807) is 30.3 Å². The molecule has 0 unspecified atom stereocenters. The SMILES string of the molecule is COc1cc(/C=C(\C#N)C(=O)Nc2cccc(C(F)(F)F)c2)ccc1OCC(=O)Nc1ccc(Cl)cc1. The van der Waals surface area contributed by atoms with Crippen molar-refractivity contribution in [3.8, 4) is 17.6 Å². The van der Waals surface area contributed by atoms with Gasteiger partial charge in [0.2, 0.25) is 0 Å². The van der Waals surface area contributed by atoms with Gasteiger partial charge in [-0.25, -0.2) is 0 Å². The van der Waals surface area contributed by atoms with Crippen molar-refractivity contribution in [1.29, 1.82) is 5.26 Å². The molecule has 0 aliphatic heterocycles.